The first-order chi connectivity index (χ1) is 11.2. The summed E-state index contributed by atoms with van der Waals surface area (Å²) in [7, 11) is 1.72. The summed E-state index contributed by atoms with van der Waals surface area (Å²) in [6.45, 7) is 3.41. The molecule has 23 heavy (non-hydrogen) atoms. The normalized spacial score (nSPS) is 28.1. The zero-order valence-corrected chi connectivity index (χ0v) is 13.4. The largest absolute Gasteiger partial charge is 0.480 e. The van der Waals surface area contributed by atoms with Crippen molar-refractivity contribution in [3.63, 3.8) is 0 Å². The lowest BCUT2D eigenvalue weighted by Gasteiger charge is -2.45. The molecule has 1 aromatic heterocycles. The van der Waals surface area contributed by atoms with Crippen molar-refractivity contribution in [3.8, 4) is 0 Å². The van der Waals surface area contributed by atoms with E-state index in [1.54, 1.807) is 7.05 Å². The Labute approximate surface area is 135 Å². The predicted molar refractivity (Wildman–Crippen MR) is 89.6 cm³/mol. The molecule has 122 valence electrons. The van der Waals surface area contributed by atoms with E-state index in [0.29, 0.717) is 11.8 Å². The van der Waals surface area contributed by atoms with E-state index < -0.39 is 12.0 Å². The fourth-order valence-electron chi connectivity index (χ4n) is 4.47. The number of rotatable bonds is 4. The van der Waals surface area contributed by atoms with Gasteiger partial charge in [0.1, 0.15) is 6.04 Å². The van der Waals surface area contributed by atoms with E-state index in [0.717, 1.165) is 28.7 Å². The molecular formula is C18H23N3O2. The van der Waals surface area contributed by atoms with Gasteiger partial charge in [0.05, 0.1) is 0 Å². The molecule has 3 fully saturated rings. The Bertz CT molecular complexity index is 731. The Hall–Kier alpha value is -1.85. The number of hydrogen-bond acceptors (Lipinski definition) is 3. The first-order valence-corrected chi connectivity index (χ1v) is 8.42. The minimum absolute atomic E-state index is 0.412. The molecule has 5 nitrogen and oxygen atoms in total. The van der Waals surface area contributed by atoms with Gasteiger partial charge < -0.3 is 20.3 Å². The average molecular weight is 313 g/mol. The highest BCUT2D eigenvalue weighted by Crippen LogP contribution is 2.43. The highest BCUT2D eigenvalue weighted by molar-refractivity contribution is 5.90. The number of nitrogens with one attached hydrogen (secondary N) is 2. The zero-order valence-electron chi connectivity index (χ0n) is 13.4. The molecule has 5 heteroatoms. The van der Waals surface area contributed by atoms with Crippen LogP contribution in [-0.2, 0) is 4.79 Å². The number of para-hydroxylation sites is 1. The number of nitrogens with zero attached hydrogens (tertiary/aromatic N) is 1. The van der Waals surface area contributed by atoms with E-state index in [-0.39, 0.29) is 0 Å². The maximum Gasteiger partial charge on any atom is 0.325 e. The van der Waals surface area contributed by atoms with Crippen LogP contribution in [0, 0.1) is 5.92 Å². The second kappa shape index (κ2) is 5.65. The van der Waals surface area contributed by atoms with Crippen LogP contribution >= 0.6 is 0 Å². The Morgan fingerprint density at radius 2 is 2.09 bits per heavy atom. The number of carboxylic acid groups (broad SMARTS) is 1. The number of hydrogen-bond donors (Lipinski definition) is 3. The zero-order chi connectivity index (χ0) is 16.0. The van der Waals surface area contributed by atoms with Crippen molar-refractivity contribution in [3.05, 3.63) is 35.5 Å². The van der Waals surface area contributed by atoms with Crippen LogP contribution in [0.1, 0.15) is 36.1 Å². The van der Waals surface area contributed by atoms with Gasteiger partial charge >= 0.3 is 5.97 Å². The fourth-order valence-corrected chi connectivity index (χ4v) is 4.47. The third kappa shape index (κ3) is 2.35. The number of H-pyrrole nitrogens is 1. The van der Waals surface area contributed by atoms with Gasteiger partial charge in [-0.2, -0.15) is 0 Å². The van der Waals surface area contributed by atoms with Gasteiger partial charge in [-0.1, -0.05) is 18.2 Å². The summed E-state index contributed by atoms with van der Waals surface area (Å²) < 4.78 is 0. The number of benzene rings is 1. The van der Waals surface area contributed by atoms with Crippen molar-refractivity contribution < 1.29 is 9.90 Å². The van der Waals surface area contributed by atoms with Crippen LogP contribution in [0.2, 0.25) is 0 Å². The first-order valence-electron chi connectivity index (χ1n) is 8.42. The molecule has 5 rings (SSSR count). The minimum atomic E-state index is -0.820. The quantitative estimate of drug-likeness (QED) is 0.810. The standard InChI is InChI=1S/C18H23N3O2/c1-19-17(18(22)23)15-12-4-2-3-5-14(12)20-16(15)13-10-21-8-6-11(13)7-9-21/h2-5,11,13,17,19-20H,6-10H2,1H3,(H,22,23). The summed E-state index contributed by atoms with van der Waals surface area (Å²) in [5.41, 5.74) is 3.09. The van der Waals surface area contributed by atoms with E-state index in [2.05, 4.69) is 15.2 Å². The van der Waals surface area contributed by atoms with Crippen molar-refractivity contribution in [1.82, 2.24) is 15.2 Å². The maximum absolute atomic E-state index is 11.8. The number of carboxylic acids is 1. The molecule has 3 aliphatic heterocycles. The smallest absolute Gasteiger partial charge is 0.325 e. The van der Waals surface area contributed by atoms with Crippen molar-refractivity contribution in [1.29, 1.82) is 0 Å². The third-order valence-electron chi connectivity index (χ3n) is 5.63. The van der Waals surface area contributed by atoms with E-state index in [1.165, 1.54) is 25.9 Å². The molecule has 0 saturated carbocycles. The molecule has 1 aromatic carbocycles. The topological polar surface area (TPSA) is 68.4 Å². The highest BCUT2D eigenvalue weighted by atomic mass is 16.4. The van der Waals surface area contributed by atoms with Gasteiger partial charge in [-0.15, -0.1) is 0 Å². The lowest BCUT2D eigenvalue weighted by Crippen LogP contribution is -2.46. The number of aromatic amines is 1. The summed E-state index contributed by atoms with van der Waals surface area (Å²) in [4.78, 5) is 17.8. The number of piperidine rings is 3. The van der Waals surface area contributed by atoms with Crippen molar-refractivity contribution in [2.75, 3.05) is 26.7 Å². The molecule has 0 spiro atoms. The maximum atomic E-state index is 11.8. The second-order valence-corrected chi connectivity index (χ2v) is 6.80. The average Bonchev–Trinajstić information content (AvgIpc) is 2.96. The van der Waals surface area contributed by atoms with Gasteiger partial charge in [0.15, 0.2) is 0 Å². The molecule has 3 saturated heterocycles. The molecular weight excluding hydrogens is 290 g/mol. The second-order valence-electron chi connectivity index (χ2n) is 6.80. The van der Waals surface area contributed by atoms with E-state index in [1.807, 2.05) is 24.3 Å². The van der Waals surface area contributed by atoms with Gasteiger partial charge in [0, 0.05) is 34.6 Å². The molecule has 3 N–H and O–H groups in total. The molecule has 0 radical (unpaired) electrons. The lowest BCUT2D eigenvalue weighted by molar-refractivity contribution is -0.139. The number of aromatic nitrogens is 1. The van der Waals surface area contributed by atoms with Gasteiger partial charge in [-0.3, -0.25) is 4.79 Å². The van der Waals surface area contributed by atoms with Crippen LogP contribution in [0.3, 0.4) is 0 Å². The Balaban J connectivity index is 1.87. The molecule has 2 atom stereocenters. The number of fused-ring (bicyclic) bond motifs is 4. The van der Waals surface area contributed by atoms with Crippen molar-refractivity contribution in [2.45, 2.75) is 24.8 Å². The fraction of sp³-hybridized carbons (Fsp3) is 0.500. The predicted octanol–water partition coefficient (Wildman–Crippen LogP) is 2.32. The van der Waals surface area contributed by atoms with Gasteiger partial charge in [0.25, 0.3) is 0 Å². The third-order valence-corrected chi connectivity index (χ3v) is 5.63. The van der Waals surface area contributed by atoms with Crippen LogP contribution in [0.5, 0.6) is 0 Å². The molecule has 2 aromatic rings. The summed E-state index contributed by atoms with van der Waals surface area (Å²) in [5.74, 6) is 0.257. The van der Waals surface area contributed by atoms with Crippen molar-refractivity contribution >= 4 is 16.9 Å². The van der Waals surface area contributed by atoms with E-state index in [9.17, 15) is 9.90 Å². The van der Waals surface area contributed by atoms with Gasteiger partial charge in [-0.05, 0) is 45.0 Å². The molecule has 4 heterocycles. The van der Waals surface area contributed by atoms with Gasteiger partial charge in [0.2, 0.25) is 0 Å². The van der Waals surface area contributed by atoms with Crippen LogP contribution in [-0.4, -0.2) is 47.6 Å². The summed E-state index contributed by atoms with van der Waals surface area (Å²) in [6.07, 6.45) is 2.44. The van der Waals surface area contributed by atoms with Crippen LogP contribution < -0.4 is 5.32 Å². The molecule has 0 amide bonds. The number of likely N-dealkylation sites (N-methyl/N-ethyl adjacent to an activating group) is 1. The highest BCUT2D eigenvalue weighted by Gasteiger charge is 2.38. The SMILES string of the molecule is CNC(C(=O)O)c1c(C2CN3CCC2CC3)[nH]c2ccccc12. The first kappa shape index (κ1) is 14.7. The molecule has 2 bridgehead atoms. The van der Waals surface area contributed by atoms with E-state index in [4.69, 9.17) is 0 Å². The molecule has 3 aliphatic rings. The minimum Gasteiger partial charge on any atom is -0.480 e. The van der Waals surface area contributed by atoms with Gasteiger partial charge in [-0.25, -0.2) is 0 Å². The number of aliphatic carboxylic acids is 1. The monoisotopic (exact) mass is 313 g/mol. The summed E-state index contributed by atoms with van der Waals surface area (Å²) in [6, 6.07) is 7.38. The Kier molecular flexibility index (Phi) is 3.62. The lowest BCUT2D eigenvalue weighted by atomic mass is 9.76. The van der Waals surface area contributed by atoms with E-state index >= 15 is 0 Å². The Morgan fingerprint density at radius 1 is 1.35 bits per heavy atom. The van der Waals surface area contributed by atoms with Crippen LogP contribution in [0.4, 0.5) is 0 Å². The number of carbonyl (C=O) groups is 1. The summed E-state index contributed by atoms with van der Waals surface area (Å²) >= 11 is 0. The molecule has 2 unspecified atom stereocenters. The van der Waals surface area contributed by atoms with Crippen molar-refractivity contribution in [2.24, 2.45) is 5.92 Å². The summed E-state index contributed by atoms with van der Waals surface area (Å²) in [5, 5.41) is 13.7. The van der Waals surface area contributed by atoms with Crippen LogP contribution in [0.15, 0.2) is 24.3 Å². The molecule has 0 aliphatic carbocycles. The Morgan fingerprint density at radius 3 is 2.70 bits per heavy atom. The van der Waals surface area contributed by atoms with Crippen LogP contribution in [0.25, 0.3) is 10.9 Å².